The van der Waals surface area contributed by atoms with Gasteiger partial charge in [0.15, 0.2) is 11.5 Å². The number of sulfonamides is 1. The fourth-order valence-corrected chi connectivity index (χ4v) is 4.86. The first kappa shape index (κ1) is 18.2. The van der Waals surface area contributed by atoms with Crippen molar-refractivity contribution in [3.8, 4) is 17.2 Å². The minimum Gasteiger partial charge on any atom is -0.493 e. The molecule has 1 aliphatic carbocycles. The Bertz CT molecular complexity index is 709. The van der Waals surface area contributed by atoms with Crippen molar-refractivity contribution in [3.63, 3.8) is 0 Å². The second-order valence-electron chi connectivity index (χ2n) is 6.22. The fourth-order valence-electron chi connectivity index (χ4n) is 3.07. The van der Waals surface area contributed by atoms with Crippen molar-refractivity contribution < 1.29 is 27.5 Å². The van der Waals surface area contributed by atoms with Crippen molar-refractivity contribution in [3.05, 3.63) is 17.7 Å². The third-order valence-electron chi connectivity index (χ3n) is 4.52. The Morgan fingerprint density at radius 2 is 1.72 bits per heavy atom. The number of hydroxylamine groups is 2. The maximum atomic E-state index is 12.7. The summed E-state index contributed by atoms with van der Waals surface area (Å²) in [4.78, 5) is 5.53. The number of methoxy groups -OCH3 is 3. The van der Waals surface area contributed by atoms with Gasteiger partial charge in [0.25, 0.3) is 0 Å². The molecule has 0 spiro atoms. The monoisotopic (exact) mass is 372 g/mol. The predicted molar refractivity (Wildman–Crippen MR) is 91.4 cm³/mol. The number of nitrogens with one attached hydrogen (secondary N) is 1. The average Bonchev–Trinajstić information content (AvgIpc) is 3.30. The maximum Gasteiger partial charge on any atom is 0.219 e. The van der Waals surface area contributed by atoms with E-state index in [1.54, 1.807) is 24.2 Å². The molecule has 0 bridgehead atoms. The first-order valence-electron chi connectivity index (χ1n) is 8.08. The summed E-state index contributed by atoms with van der Waals surface area (Å²) in [5, 5.41) is 0.846. The lowest BCUT2D eigenvalue weighted by Crippen LogP contribution is -2.40. The van der Waals surface area contributed by atoms with Crippen molar-refractivity contribution >= 4 is 10.0 Å². The number of hydrogen-bond donors (Lipinski definition) is 1. The molecule has 2 aliphatic rings. The molecule has 1 saturated carbocycles. The van der Waals surface area contributed by atoms with E-state index >= 15 is 0 Å². The Morgan fingerprint density at radius 1 is 1.12 bits per heavy atom. The molecule has 25 heavy (non-hydrogen) atoms. The third-order valence-corrected chi connectivity index (χ3v) is 6.37. The van der Waals surface area contributed by atoms with Crippen LogP contribution < -0.4 is 18.9 Å². The maximum absolute atomic E-state index is 12.7. The second-order valence-corrected chi connectivity index (χ2v) is 8.15. The van der Waals surface area contributed by atoms with Gasteiger partial charge in [0.05, 0.1) is 34.0 Å². The molecule has 140 valence electrons. The summed E-state index contributed by atoms with van der Waals surface area (Å²) < 4.78 is 44.3. The zero-order chi connectivity index (χ0) is 18.2. The molecular weight excluding hydrogens is 348 g/mol. The van der Waals surface area contributed by atoms with Gasteiger partial charge in [-0.05, 0) is 30.5 Å². The summed E-state index contributed by atoms with van der Waals surface area (Å²) >= 11 is 0. The summed E-state index contributed by atoms with van der Waals surface area (Å²) in [7, 11) is 2.79. The van der Waals surface area contributed by atoms with Crippen LogP contribution >= 0.6 is 0 Å². The van der Waals surface area contributed by atoms with Gasteiger partial charge in [0.1, 0.15) is 5.25 Å². The number of benzene rings is 1. The van der Waals surface area contributed by atoms with E-state index in [-0.39, 0.29) is 12.6 Å². The van der Waals surface area contributed by atoms with Gasteiger partial charge in [-0.1, -0.05) is 0 Å². The Balaban J connectivity index is 2.00. The molecule has 2 unspecified atom stereocenters. The fraction of sp³-hybridized carbons (Fsp3) is 0.625. The molecule has 0 amide bonds. The molecule has 1 saturated heterocycles. The van der Waals surface area contributed by atoms with Crippen molar-refractivity contribution in [1.82, 2.24) is 9.79 Å². The molecule has 1 heterocycles. The minimum atomic E-state index is -3.51. The molecule has 1 aliphatic heterocycles. The van der Waals surface area contributed by atoms with Gasteiger partial charge in [-0.3, -0.25) is 4.84 Å². The number of hydrogen-bond acceptors (Lipinski definition) is 7. The van der Waals surface area contributed by atoms with E-state index in [1.165, 1.54) is 21.3 Å². The molecular formula is C16H24N2O6S. The SMILES string of the molecule is COc1cc(C2C(S(=O)(=O)NC3CC3)CON2C)cc(OC)c1OC. The van der Waals surface area contributed by atoms with E-state index in [2.05, 4.69) is 4.72 Å². The number of rotatable bonds is 7. The van der Waals surface area contributed by atoms with Gasteiger partial charge in [-0.25, -0.2) is 13.1 Å². The zero-order valence-electron chi connectivity index (χ0n) is 14.8. The lowest BCUT2D eigenvalue weighted by molar-refractivity contribution is -0.110. The van der Waals surface area contributed by atoms with Crippen LogP contribution in [0.2, 0.25) is 0 Å². The topological polar surface area (TPSA) is 86.3 Å². The predicted octanol–water partition coefficient (Wildman–Crippen LogP) is 1.08. The number of nitrogens with zero attached hydrogens (tertiary/aromatic N) is 1. The van der Waals surface area contributed by atoms with Gasteiger partial charge in [0, 0.05) is 13.1 Å². The summed E-state index contributed by atoms with van der Waals surface area (Å²) in [6.07, 6.45) is 1.77. The van der Waals surface area contributed by atoms with Crippen LogP contribution in [0.1, 0.15) is 24.4 Å². The molecule has 0 aromatic heterocycles. The smallest absolute Gasteiger partial charge is 0.219 e. The van der Waals surface area contributed by atoms with E-state index in [4.69, 9.17) is 19.0 Å². The van der Waals surface area contributed by atoms with Crippen LogP contribution in [-0.4, -0.2) is 59.8 Å². The minimum absolute atomic E-state index is 0.0523. The van der Waals surface area contributed by atoms with Crippen LogP contribution in [0, 0.1) is 0 Å². The lowest BCUT2D eigenvalue weighted by Gasteiger charge is -2.24. The first-order valence-corrected chi connectivity index (χ1v) is 9.62. The number of ether oxygens (including phenoxy) is 3. The largest absolute Gasteiger partial charge is 0.493 e. The quantitative estimate of drug-likeness (QED) is 0.766. The van der Waals surface area contributed by atoms with Crippen molar-refractivity contribution in [2.75, 3.05) is 35.0 Å². The van der Waals surface area contributed by atoms with Gasteiger partial charge in [-0.2, -0.15) is 5.06 Å². The molecule has 1 aromatic carbocycles. The van der Waals surface area contributed by atoms with Gasteiger partial charge in [0.2, 0.25) is 15.8 Å². The Hall–Kier alpha value is -1.55. The molecule has 2 fully saturated rings. The van der Waals surface area contributed by atoms with Crippen LogP contribution in [-0.2, 0) is 14.9 Å². The third kappa shape index (κ3) is 3.55. The van der Waals surface area contributed by atoms with Crippen molar-refractivity contribution in [1.29, 1.82) is 0 Å². The highest BCUT2D eigenvalue weighted by Crippen LogP contribution is 2.43. The average molecular weight is 372 g/mol. The van der Waals surface area contributed by atoms with Crippen LogP contribution in [0.25, 0.3) is 0 Å². The second kappa shape index (κ2) is 6.99. The van der Waals surface area contributed by atoms with Crippen molar-refractivity contribution in [2.24, 2.45) is 0 Å². The molecule has 1 aromatic rings. The molecule has 8 nitrogen and oxygen atoms in total. The van der Waals surface area contributed by atoms with Crippen LogP contribution in [0.4, 0.5) is 0 Å². The molecule has 3 rings (SSSR count). The molecule has 0 radical (unpaired) electrons. The van der Waals surface area contributed by atoms with Crippen molar-refractivity contribution in [2.45, 2.75) is 30.2 Å². The van der Waals surface area contributed by atoms with E-state index in [9.17, 15) is 8.42 Å². The van der Waals surface area contributed by atoms with E-state index in [0.29, 0.717) is 17.2 Å². The lowest BCUT2D eigenvalue weighted by atomic mass is 10.0. The Labute approximate surface area is 148 Å². The van der Waals surface area contributed by atoms with Crippen LogP contribution in [0.15, 0.2) is 12.1 Å². The Morgan fingerprint density at radius 3 is 2.20 bits per heavy atom. The summed E-state index contributed by atoms with van der Waals surface area (Å²) in [6, 6.07) is 3.09. The molecule has 2 atom stereocenters. The first-order chi connectivity index (χ1) is 11.9. The van der Waals surface area contributed by atoms with E-state index in [0.717, 1.165) is 18.4 Å². The zero-order valence-corrected chi connectivity index (χ0v) is 15.6. The molecule has 9 heteroatoms. The van der Waals surface area contributed by atoms with Gasteiger partial charge < -0.3 is 14.2 Å². The standard InChI is InChI=1S/C16H24N2O6S/c1-18-15(14(9-24-18)25(19,20)17-11-5-6-11)10-7-12(21-2)16(23-4)13(8-10)22-3/h7-8,11,14-15,17H,5-6,9H2,1-4H3. The highest BCUT2D eigenvalue weighted by atomic mass is 32.2. The summed E-state index contributed by atoms with van der Waals surface area (Å²) in [5.74, 6) is 1.41. The summed E-state index contributed by atoms with van der Waals surface area (Å²) in [5.41, 5.74) is 0.723. The molecule has 1 N–H and O–H groups in total. The van der Waals surface area contributed by atoms with E-state index < -0.39 is 21.3 Å². The van der Waals surface area contributed by atoms with Crippen LogP contribution in [0.3, 0.4) is 0 Å². The van der Waals surface area contributed by atoms with Gasteiger partial charge in [-0.15, -0.1) is 0 Å². The normalized spacial score (nSPS) is 24.3. The van der Waals surface area contributed by atoms with E-state index in [1.807, 2.05) is 0 Å². The summed E-state index contributed by atoms with van der Waals surface area (Å²) in [6.45, 7) is 0.0971. The highest BCUT2D eigenvalue weighted by Gasteiger charge is 2.45. The highest BCUT2D eigenvalue weighted by molar-refractivity contribution is 7.90. The van der Waals surface area contributed by atoms with Gasteiger partial charge >= 0.3 is 0 Å². The Kier molecular flexibility index (Phi) is 5.10. The van der Waals surface area contributed by atoms with Crippen LogP contribution in [0.5, 0.6) is 17.2 Å².